The molecule has 0 unspecified atom stereocenters. The molecule has 12 aromatic carbocycles. The standard InChI is InChI=1S/2C17H16O6.2C16H12O6.2C15H12O6/c2*1-21-13-4-3-9(5-14(13)22-2)11-8-16(20)23-15-7-10(18)6-12(19)17(11)15;2*17-9-4-11(18)16-10(6-15(19)22-14(16)5-9)8-1-2-12-13(3-8)21-7-20-12;2*16-8-4-12(19)15-9(6-14(20)21-13(15)5-8)7-1-2-10(17)11(18)3-7/h2*3-7,11,18-19H,8H2,1-2H3;2*1-5,10,17-18H,6-7H2;2*1-5,9,16-19H,6H2/t2*11-;2*10-;2*9-/m101010/s1. The molecule has 36 nitrogen and oxygen atoms in total. The topological polar surface area (TPSA) is 555 Å². The van der Waals surface area contributed by atoms with Gasteiger partial charge in [0, 0.05) is 142 Å². The number of methoxy groups -OCH3 is 4. The van der Waals surface area contributed by atoms with Crippen LogP contribution in [0.5, 0.6) is 172 Å². The van der Waals surface area contributed by atoms with Gasteiger partial charge in [0.1, 0.15) is 103 Å². The van der Waals surface area contributed by atoms with Gasteiger partial charge in [-0.05, 0) is 106 Å². The Morgan fingerprint density at radius 3 is 0.636 bits per heavy atom. The van der Waals surface area contributed by atoms with Crippen molar-refractivity contribution in [3.05, 3.63) is 249 Å². The Morgan fingerprint density at radius 2 is 0.409 bits per heavy atom. The molecule has 0 aromatic heterocycles. The van der Waals surface area contributed by atoms with Crippen LogP contribution in [0, 0.1) is 0 Å². The summed E-state index contributed by atoms with van der Waals surface area (Å²) in [5, 5.41) is 156. The smallest absolute Gasteiger partial charge is 0.312 e. The van der Waals surface area contributed by atoms with Crippen LogP contribution in [0.1, 0.15) is 141 Å². The van der Waals surface area contributed by atoms with E-state index in [2.05, 4.69) is 0 Å². The molecule has 36 heteroatoms. The van der Waals surface area contributed by atoms with Crippen LogP contribution in [-0.4, -0.2) is 160 Å². The van der Waals surface area contributed by atoms with Crippen LogP contribution in [0.15, 0.2) is 182 Å². The van der Waals surface area contributed by atoms with Crippen molar-refractivity contribution >= 4 is 35.8 Å². The van der Waals surface area contributed by atoms with Gasteiger partial charge in [-0.2, -0.15) is 0 Å². The van der Waals surface area contributed by atoms with Gasteiger partial charge in [0.05, 0.1) is 67.0 Å². The van der Waals surface area contributed by atoms with Crippen molar-refractivity contribution in [3.63, 3.8) is 0 Å². The lowest BCUT2D eigenvalue weighted by Gasteiger charge is -2.26. The minimum atomic E-state index is -0.534. The van der Waals surface area contributed by atoms with Crippen LogP contribution in [0.3, 0.4) is 0 Å². The number of phenols is 16. The Labute approximate surface area is 746 Å². The van der Waals surface area contributed by atoms with Crippen LogP contribution in [0.25, 0.3) is 0 Å². The van der Waals surface area contributed by atoms with Gasteiger partial charge in [0.15, 0.2) is 69.0 Å². The molecule has 0 bridgehead atoms. The first-order valence-corrected chi connectivity index (χ1v) is 40.1. The lowest BCUT2D eigenvalue weighted by molar-refractivity contribution is -0.136. The summed E-state index contributed by atoms with van der Waals surface area (Å²) in [6, 6.07) is 44.8. The second-order valence-corrected chi connectivity index (χ2v) is 30.6. The number of carbonyl (C=O) groups excluding carboxylic acids is 6. The van der Waals surface area contributed by atoms with Crippen LogP contribution in [-0.2, 0) is 28.8 Å². The van der Waals surface area contributed by atoms with Gasteiger partial charge in [-0.25, -0.2) is 0 Å². The molecule has 0 saturated heterocycles. The summed E-state index contributed by atoms with van der Waals surface area (Å²) in [6.07, 6.45) is 0.336. The third kappa shape index (κ3) is 18.9. The van der Waals surface area contributed by atoms with Crippen molar-refractivity contribution in [1.82, 2.24) is 0 Å². The second kappa shape index (κ2) is 37.3. The zero-order valence-electron chi connectivity index (χ0n) is 69.8. The Bertz CT molecular complexity index is 6210. The predicted octanol–water partition coefficient (Wildman–Crippen LogP) is 13.5. The minimum Gasteiger partial charge on any atom is -0.508 e. The van der Waals surface area contributed by atoms with Gasteiger partial charge in [0.2, 0.25) is 13.6 Å². The highest BCUT2D eigenvalue weighted by atomic mass is 16.7. The van der Waals surface area contributed by atoms with E-state index in [9.17, 15) is 110 Å². The molecule has 16 N–H and O–H groups in total. The molecule has 0 saturated carbocycles. The number of ether oxygens (including phenoxy) is 14. The number of aromatic hydroxyl groups is 16. The predicted molar refractivity (Wildman–Crippen MR) is 455 cm³/mol. The molecule has 0 aliphatic carbocycles. The fraction of sp³-hybridized carbons (Fsp3) is 0.188. The van der Waals surface area contributed by atoms with E-state index < -0.39 is 59.5 Å². The molecule has 132 heavy (non-hydrogen) atoms. The van der Waals surface area contributed by atoms with Gasteiger partial charge in [-0.1, -0.05) is 36.4 Å². The number of phenolic OH excluding ortho intramolecular Hbond substituents is 16. The van der Waals surface area contributed by atoms with Crippen molar-refractivity contribution < 1.29 is 177 Å². The van der Waals surface area contributed by atoms with Crippen molar-refractivity contribution in [1.29, 1.82) is 0 Å². The van der Waals surface area contributed by atoms with E-state index in [4.69, 9.17) is 66.3 Å². The van der Waals surface area contributed by atoms with Gasteiger partial charge in [-0.3, -0.25) is 28.8 Å². The zero-order valence-corrected chi connectivity index (χ0v) is 69.8. The average Bonchev–Trinajstić information content (AvgIpc) is 1.25. The highest BCUT2D eigenvalue weighted by molar-refractivity contribution is 5.84. The molecule has 8 aliphatic heterocycles. The highest BCUT2D eigenvalue weighted by Crippen LogP contribution is 2.55. The number of fused-ring (bicyclic) bond motifs is 8. The molecule has 8 aliphatic rings. The van der Waals surface area contributed by atoms with Gasteiger partial charge in [0.25, 0.3) is 0 Å². The van der Waals surface area contributed by atoms with Crippen molar-refractivity contribution in [2.75, 3.05) is 42.0 Å². The molecule has 6 atom stereocenters. The molecule has 0 radical (unpaired) electrons. The molecular weight excluding hydrogens is 1730 g/mol. The summed E-state index contributed by atoms with van der Waals surface area (Å²) >= 11 is 0. The molecule has 0 spiro atoms. The summed E-state index contributed by atoms with van der Waals surface area (Å²) in [5.41, 5.74) is 6.88. The van der Waals surface area contributed by atoms with Crippen LogP contribution < -0.4 is 66.3 Å². The zero-order chi connectivity index (χ0) is 93.9. The maximum Gasteiger partial charge on any atom is 0.312 e. The molecule has 0 fully saturated rings. The quantitative estimate of drug-likeness (QED) is 0.0343. The molecule has 20 rings (SSSR count). The van der Waals surface area contributed by atoms with E-state index in [1.807, 2.05) is 12.1 Å². The normalized spacial score (nSPS) is 17.4. The minimum absolute atomic E-state index is 0.0183. The van der Waals surface area contributed by atoms with E-state index in [0.29, 0.717) is 90.5 Å². The SMILES string of the molecule is COc1ccc([C@@H]2CC(=O)Oc3cc(O)cc(O)c32)cc1OC.COc1ccc([C@H]2CC(=O)Oc3cc(O)cc(O)c32)cc1OC.O=C1C[C@@H](c2ccc(O)c(O)c2)c2c(O)cc(O)cc2O1.O=C1C[C@@H](c2ccc3c(c2)OCO3)c2c(O)cc(O)cc2O1.O=C1C[C@H](c2ccc(O)c(O)c2)c2c(O)cc(O)cc2O1.O=C1C[C@H](c2ccc3c(c2)OCO3)c2c(O)cc(O)cc2O1. The first-order chi connectivity index (χ1) is 63.2. The third-order valence-electron chi connectivity index (χ3n) is 22.3. The Balaban J connectivity index is 0.000000121. The largest absolute Gasteiger partial charge is 0.508 e. The van der Waals surface area contributed by atoms with Crippen LogP contribution >= 0.6 is 0 Å². The summed E-state index contributed by atoms with van der Waals surface area (Å²) in [4.78, 5) is 70.8. The maximum absolute atomic E-state index is 11.9. The third-order valence-corrected chi connectivity index (χ3v) is 22.3. The Hall–Kier alpha value is -17.3. The molecule has 8 heterocycles. The number of esters is 6. The van der Waals surface area contributed by atoms with Crippen molar-refractivity contribution in [3.8, 4) is 172 Å². The monoisotopic (exact) mass is 1810 g/mol. The van der Waals surface area contributed by atoms with Crippen molar-refractivity contribution in [2.45, 2.75) is 74.0 Å². The van der Waals surface area contributed by atoms with Crippen molar-refractivity contribution in [2.24, 2.45) is 0 Å². The fourth-order valence-corrected chi connectivity index (χ4v) is 16.4. The molecule has 680 valence electrons. The van der Waals surface area contributed by atoms with E-state index in [0.717, 1.165) is 34.4 Å². The lowest BCUT2D eigenvalue weighted by Crippen LogP contribution is -2.21. The van der Waals surface area contributed by atoms with E-state index in [1.54, 1.807) is 87.0 Å². The number of benzene rings is 12. The summed E-state index contributed by atoms with van der Waals surface area (Å²) < 4.78 is 72.8. The van der Waals surface area contributed by atoms with E-state index in [-0.39, 0.29) is 190 Å². The molecular formula is C96H80O36. The first-order valence-electron chi connectivity index (χ1n) is 40.1. The van der Waals surface area contributed by atoms with Crippen LogP contribution in [0.2, 0.25) is 0 Å². The summed E-state index contributed by atoms with van der Waals surface area (Å²) in [5.74, 6) is -2.82. The van der Waals surface area contributed by atoms with Crippen LogP contribution in [0.4, 0.5) is 0 Å². The first kappa shape index (κ1) is 89.5. The number of hydrogen-bond donors (Lipinski definition) is 16. The number of rotatable bonds is 10. The number of carbonyl (C=O) groups is 6. The summed E-state index contributed by atoms with van der Waals surface area (Å²) in [7, 11) is 6.14. The maximum atomic E-state index is 11.9. The molecule has 0 amide bonds. The Morgan fingerprint density at radius 1 is 0.205 bits per heavy atom. The van der Waals surface area contributed by atoms with E-state index in [1.165, 1.54) is 99.1 Å². The molecule has 12 aromatic rings. The van der Waals surface area contributed by atoms with Gasteiger partial charge >= 0.3 is 35.8 Å². The Kier molecular flexibility index (Phi) is 25.3. The highest BCUT2D eigenvalue weighted by Gasteiger charge is 2.40. The van der Waals surface area contributed by atoms with Gasteiger partial charge < -0.3 is 148 Å². The average molecular weight is 1810 g/mol. The fourth-order valence-electron chi connectivity index (χ4n) is 16.4. The second-order valence-electron chi connectivity index (χ2n) is 30.6. The summed E-state index contributed by atoms with van der Waals surface area (Å²) in [6.45, 7) is 0.336. The lowest BCUT2D eigenvalue weighted by atomic mass is 9.85. The van der Waals surface area contributed by atoms with E-state index >= 15 is 0 Å². The van der Waals surface area contributed by atoms with Gasteiger partial charge in [-0.15, -0.1) is 0 Å². The number of hydrogen-bond acceptors (Lipinski definition) is 36.